The molecule has 1 fully saturated rings. The van der Waals surface area contributed by atoms with Crippen LogP contribution in [0.15, 0.2) is 30.5 Å². The van der Waals surface area contributed by atoms with Crippen LogP contribution in [0.5, 0.6) is 0 Å². The summed E-state index contributed by atoms with van der Waals surface area (Å²) < 4.78 is 0. The minimum absolute atomic E-state index is 0.0880. The Morgan fingerprint density at radius 2 is 1.96 bits per heavy atom. The highest BCUT2D eigenvalue weighted by molar-refractivity contribution is 6.30. The maximum absolute atomic E-state index is 12.5. The van der Waals surface area contributed by atoms with Gasteiger partial charge in [-0.3, -0.25) is 4.79 Å². The van der Waals surface area contributed by atoms with Crippen molar-refractivity contribution < 1.29 is 4.79 Å². The third-order valence-electron chi connectivity index (χ3n) is 4.54. The highest BCUT2D eigenvalue weighted by atomic mass is 35.5. The van der Waals surface area contributed by atoms with Crippen molar-refractivity contribution in [3.63, 3.8) is 0 Å². The number of carbonyl (C=O) groups excluding carboxylic acids is 1. The predicted molar refractivity (Wildman–Crippen MR) is 96.5 cm³/mol. The van der Waals surface area contributed by atoms with E-state index >= 15 is 0 Å². The molecular formula is C19H24ClN3O. The summed E-state index contributed by atoms with van der Waals surface area (Å²) >= 11 is 5.89. The van der Waals surface area contributed by atoms with Crippen LogP contribution in [0.2, 0.25) is 5.02 Å². The average Bonchev–Trinajstić information content (AvgIpc) is 3.03. The van der Waals surface area contributed by atoms with Crippen LogP contribution in [-0.4, -0.2) is 33.9 Å². The van der Waals surface area contributed by atoms with Crippen molar-refractivity contribution in [1.29, 1.82) is 0 Å². The summed E-state index contributed by atoms with van der Waals surface area (Å²) in [5, 5.41) is 0.653. The highest BCUT2D eigenvalue weighted by Crippen LogP contribution is 2.27. The Balaban J connectivity index is 1.58. The Kier molecular flexibility index (Phi) is 5.24. The van der Waals surface area contributed by atoms with E-state index in [4.69, 9.17) is 11.6 Å². The molecule has 128 valence electrons. The zero-order valence-corrected chi connectivity index (χ0v) is 15.0. The molecule has 4 nitrogen and oxygen atoms in total. The molecule has 1 N–H and O–H groups in total. The van der Waals surface area contributed by atoms with Gasteiger partial charge in [0.2, 0.25) is 0 Å². The Morgan fingerprint density at radius 1 is 1.29 bits per heavy atom. The van der Waals surface area contributed by atoms with Gasteiger partial charge in [0.1, 0.15) is 5.82 Å². The maximum Gasteiger partial charge on any atom is 0.253 e. The number of halogens is 1. The minimum atomic E-state index is 0.0880. The SMILES string of the molecule is CC(C)Cc1cnc(C2CCN(C(=O)c3ccc(Cl)cc3)CC2)[nH]1. The molecule has 1 amide bonds. The van der Waals surface area contributed by atoms with Crippen LogP contribution in [0.4, 0.5) is 0 Å². The van der Waals surface area contributed by atoms with E-state index in [1.165, 1.54) is 5.69 Å². The second-order valence-electron chi connectivity index (χ2n) is 6.97. The van der Waals surface area contributed by atoms with Gasteiger partial charge in [-0.25, -0.2) is 4.98 Å². The lowest BCUT2D eigenvalue weighted by atomic mass is 9.95. The lowest BCUT2D eigenvalue weighted by Gasteiger charge is -2.31. The molecule has 1 aliphatic rings. The molecule has 0 unspecified atom stereocenters. The van der Waals surface area contributed by atoms with Crippen molar-refractivity contribution in [2.75, 3.05) is 13.1 Å². The molecule has 1 aliphatic heterocycles. The van der Waals surface area contributed by atoms with Crippen molar-refractivity contribution in [2.45, 2.75) is 39.0 Å². The van der Waals surface area contributed by atoms with Gasteiger partial charge in [-0.1, -0.05) is 25.4 Å². The van der Waals surface area contributed by atoms with E-state index in [2.05, 4.69) is 23.8 Å². The molecule has 0 radical (unpaired) electrons. The molecule has 0 saturated carbocycles. The van der Waals surface area contributed by atoms with Gasteiger partial charge < -0.3 is 9.88 Å². The second kappa shape index (κ2) is 7.39. The summed E-state index contributed by atoms with van der Waals surface area (Å²) in [5.74, 6) is 2.20. The minimum Gasteiger partial charge on any atom is -0.346 e. The quantitative estimate of drug-likeness (QED) is 0.899. The number of aromatic amines is 1. The molecule has 5 heteroatoms. The summed E-state index contributed by atoms with van der Waals surface area (Å²) in [6.07, 6.45) is 4.89. The zero-order chi connectivity index (χ0) is 17.1. The number of imidazole rings is 1. The number of likely N-dealkylation sites (tertiary alicyclic amines) is 1. The molecule has 24 heavy (non-hydrogen) atoms. The van der Waals surface area contributed by atoms with E-state index in [1.807, 2.05) is 11.1 Å². The molecule has 1 aromatic heterocycles. The van der Waals surface area contributed by atoms with Gasteiger partial charge in [0, 0.05) is 41.5 Å². The average molecular weight is 346 g/mol. The Morgan fingerprint density at radius 3 is 2.58 bits per heavy atom. The van der Waals surface area contributed by atoms with Crippen molar-refractivity contribution in [2.24, 2.45) is 5.92 Å². The molecule has 1 aromatic carbocycles. The van der Waals surface area contributed by atoms with Crippen molar-refractivity contribution in [1.82, 2.24) is 14.9 Å². The van der Waals surface area contributed by atoms with Gasteiger partial charge in [0.15, 0.2) is 0 Å². The first-order valence-electron chi connectivity index (χ1n) is 8.61. The van der Waals surface area contributed by atoms with E-state index < -0.39 is 0 Å². The van der Waals surface area contributed by atoms with Crippen LogP contribution in [-0.2, 0) is 6.42 Å². The number of carbonyl (C=O) groups is 1. The van der Waals surface area contributed by atoms with Crippen LogP contribution in [0.1, 0.15) is 54.5 Å². The molecular weight excluding hydrogens is 322 g/mol. The third-order valence-corrected chi connectivity index (χ3v) is 4.79. The first-order chi connectivity index (χ1) is 11.5. The van der Waals surface area contributed by atoms with Crippen LogP contribution in [0.25, 0.3) is 0 Å². The smallest absolute Gasteiger partial charge is 0.253 e. The summed E-state index contributed by atoms with van der Waals surface area (Å²) in [6, 6.07) is 7.12. The predicted octanol–water partition coefficient (Wildman–Crippen LogP) is 4.28. The van der Waals surface area contributed by atoms with E-state index in [9.17, 15) is 4.79 Å². The topological polar surface area (TPSA) is 49.0 Å². The molecule has 0 atom stereocenters. The number of amides is 1. The van der Waals surface area contributed by atoms with Crippen molar-refractivity contribution >= 4 is 17.5 Å². The molecule has 1 saturated heterocycles. The Labute approximate surface area is 148 Å². The highest BCUT2D eigenvalue weighted by Gasteiger charge is 2.26. The fourth-order valence-electron chi connectivity index (χ4n) is 3.26. The number of rotatable bonds is 4. The van der Waals surface area contributed by atoms with Crippen molar-refractivity contribution in [3.8, 4) is 0 Å². The molecule has 2 heterocycles. The maximum atomic E-state index is 12.5. The first kappa shape index (κ1) is 17.0. The zero-order valence-electron chi connectivity index (χ0n) is 14.3. The standard InChI is InChI=1S/C19H24ClN3O/c1-13(2)11-17-12-21-18(22-17)14-7-9-23(10-8-14)19(24)15-3-5-16(20)6-4-15/h3-6,12-14H,7-11H2,1-2H3,(H,21,22). The second-order valence-corrected chi connectivity index (χ2v) is 7.40. The number of H-pyrrole nitrogens is 1. The van der Waals surface area contributed by atoms with Gasteiger partial charge in [-0.2, -0.15) is 0 Å². The monoisotopic (exact) mass is 345 g/mol. The molecule has 3 rings (SSSR count). The lowest BCUT2D eigenvalue weighted by Crippen LogP contribution is -2.38. The number of piperidine rings is 1. The van der Waals surface area contributed by atoms with Gasteiger partial charge >= 0.3 is 0 Å². The largest absolute Gasteiger partial charge is 0.346 e. The van der Waals surface area contributed by atoms with Crippen LogP contribution < -0.4 is 0 Å². The molecule has 0 spiro atoms. The summed E-state index contributed by atoms with van der Waals surface area (Å²) in [7, 11) is 0. The van der Waals surface area contributed by atoms with E-state index in [0.29, 0.717) is 22.4 Å². The van der Waals surface area contributed by atoms with Gasteiger partial charge in [-0.15, -0.1) is 0 Å². The molecule has 2 aromatic rings. The summed E-state index contributed by atoms with van der Waals surface area (Å²) in [5.41, 5.74) is 1.91. The van der Waals surface area contributed by atoms with Crippen molar-refractivity contribution in [3.05, 3.63) is 52.6 Å². The normalized spacial score (nSPS) is 15.9. The number of hydrogen-bond donors (Lipinski definition) is 1. The number of aromatic nitrogens is 2. The first-order valence-corrected chi connectivity index (χ1v) is 8.99. The summed E-state index contributed by atoms with van der Waals surface area (Å²) in [4.78, 5) is 22.5. The summed E-state index contributed by atoms with van der Waals surface area (Å²) in [6.45, 7) is 5.96. The van der Waals surface area contributed by atoms with Gasteiger partial charge in [0.05, 0.1) is 0 Å². The van der Waals surface area contributed by atoms with E-state index in [-0.39, 0.29) is 5.91 Å². The number of nitrogens with zero attached hydrogens (tertiary/aromatic N) is 2. The molecule has 0 bridgehead atoms. The lowest BCUT2D eigenvalue weighted by molar-refractivity contribution is 0.0711. The van der Waals surface area contributed by atoms with Crippen LogP contribution >= 0.6 is 11.6 Å². The fourth-order valence-corrected chi connectivity index (χ4v) is 3.38. The number of benzene rings is 1. The van der Waals surface area contributed by atoms with Crippen LogP contribution in [0, 0.1) is 5.92 Å². The Bertz CT molecular complexity index is 685. The Hall–Kier alpha value is -1.81. The number of hydrogen-bond acceptors (Lipinski definition) is 2. The van der Waals surface area contributed by atoms with Gasteiger partial charge in [0.25, 0.3) is 5.91 Å². The van der Waals surface area contributed by atoms with Crippen LogP contribution in [0.3, 0.4) is 0 Å². The number of nitrogens with one attached hydrogen (secondary N) is 1. The van der Waals surface area contributed by atoms with Gasteiger partial charge in [-0.05, 0) is 49.4 Å². The van der Waals surface area contributed by atoms with E-state index in [0.717, 1.165) is 38.2 Å². The van der Waals surface area contributed by atoms with E-state index in [1.54, 1.807) is 24.3 Å². The third kappa shape index (κ3) is 3.99. The fraction of sp³-hybridized carbons (Fsp3) is 0.474. The molecule has 0 aliphatic carbocycles.